The van der Waals surface area contributed by atoms with E-state index < -0.39 is 11.9 Å². The highest BCUT2D eigenvalue weighted by Crippen LogP contribution is 2.07. The summed E-state index contributed by atoms with van der Waals surface area (Å²) in [5.74, 6) is -0.808. The fraction of sp³-hybridized carbons (Fsp3) is 0.667. The molecule has 0 radical (unpaired) electrons. The zero-order valence-electron chi connectivity index (χ0n) is 6.46. The Hall–Kier alpha value is -0.710. The van der Waals surface area contributed by atoms with Crippen molar-refractivity contribution in [2.45, 2.75) is 26.7 Å². The monoisotopic (exact) mass is 178 g/mol. The summed E-state index contributed by atoms with van der Waals surface area (Å²) < 4.78 is 8.80. The number of hydrogen-bond donors (Lipinski definition) is 0. The van der Waals surface area contributed by atoms with E-state index in [2.05, 4.69) is 8.37 Å². The van der Waals surface area contributed by atoms with Gasteiger partial charge in [-0.25, -0.2) is 0 Å². The molecule has 0 amide bonds. The van der Waals surface area contributed by atoms with Gasteiger partial charge in [-0.1, -0.05) is 13.8 Å². The number of hydrogen-bond acceptors (Lipinski definition) is 5. The maximum atomic E-state index is 10.4. The molecular weight excluding hydrogens is 168 g/mol. The van der Waals surface area contributed by atoms with Gasteiger partial charge in [0.1, 0.15) is 0 Å². The smallest absolute Gasteiger partial charge is 0.320 e. The highest BCUT2D eigenvalue weighted by molar-refractivity contribution is 7.90. The van der Waals surface area contributed by atoms with Crippen LogP contribution in [0.5, 0.6) is 0 Å². The van der Waals surface area contributed by atoms with Crippen LogP contribution in [0.2, 0.25) is 0 Å². The van der Waals surface area contributed by atoms with E-state index in [4.69, 9.17) is 0 Å². The average Bonchev–Trinajstić information content (AvgIpc) is 2.04. The Morgan fingerprint density at radius 3 is 1.73 bits per heavy atom. The fourth-order valence-electron chi connectivity index (χ4n) is 0.211. The van der Waals surface area contributed by atoms with Gasteiger partial charge in [0.05, 0.1) is 0 Å². The predicted octanol–water partition coefficient (Wildman–Crippen LogP) is 1.46. The summed E-state index contributed by atoms with van der Waals surface area (Å²) in [6, 6.07) is 0. The van der Waals surface area contributed by atoms with Crippen molar-refractivity contribution in [3.05, 3.63) is 0 Å². The van der Waals surface area contributed by atoms with Gasteiger partial charge < -0.3 is 8.37 Å². The van der Waals surface area contributed by atoms with Crippen molar-refractivity contribution in [2.75, 3.05) is 0 Å². The predicted molar refractivity (Wildman–Crippen MR) is 40.4 cm³/mol. The Morgan fingerprint density at radius 2 is 1.45 bits per heavy atom. The standard InChI is InChI=1S/C6H10O4S/c1-3-5(7)9-11-10-6(8)4-2/h3-4H2,1-2H3. The van der Waals surface area contributed by atoms with Gasteiger partial charge in [0.2, 0.25) is 0 Å². The van der Waals surface area contributed by atoms with Crippen molar-refractivity contribution in [1.29, 1.82) is 0 Å². The van der Waals surface area contributed by atoms with E-state index in [9.17, 15) is 9.59 Å². The van der Waals surface area contributed by atoms with Crippen molar-refractivity contribution in [3.8, 4) is 0 Å². The highest BCUT2D eigenvalue weighted by Gasteiger charge is 2.03. The zero-order valence-corrected chi connectivity index (χ0v) is 7.27. The summed E-state index contributed by atoms with van der Waals surface area (Å²) >= 11 is 0.420. The lowest BCUT2D eigenvalue weighted by Gasteiger charge is -1.98. The molecule has 0 aromatic rings. The normalized spacial score (nSPS) is 8.91. The molecule has 0 spiro atoms. The van der Waals surface area contributed by atoms with Gasteiger partial charge in [-0.05, 0) is 0 Å². The molecule has 0 rings (SSSR count). The van der Waals surface area contributed by atoms with Crippen molar-refractivity contribution < 1.29 is 18.0 Å². The second-order valence-corrected chi connectivity index (χ2v) is 2.16. The lowest BCUT2D eigenvalue weighted by atomic mass is 10.5. The molecule has 0 fully saturated rings. The van der Waals surface area contributed by atoms with Crippen LogP contribution in [0.3, 0.4) is 0 Å². The van der Waals surface area contributed by atoms with Gasteiger partial charge in [-0.3, -0.25) is 9.59 Å². The molecule has 0 bridgehead atoms. The first-order valence-electron chi connectivity index (χ1n) is 3.27. The summed E-state index contributed by atoms with van der Waals surface area (Å²) in [5.41, 5.74) is 0. The largest absolute Gasteiger partial charge is 0.355 e. The van der Waals surface area contributed by atoms with Crippen LogP contribution < -0.4 is 0 Å². The van der Waals surface area contributed by atoms with Gasteiger partial charge in [0.25, 0.3) is 12.3 Å². The summed E-state index contributed by atoms with van der Waals surface area (Å²) in [6.45, 7) is 3.31. The van der Waals surface area contributed by atoms with E-state index in [1.165, 1.54) is 0 Å². The molecule has 0 saturated heterocycles. The van der Waals surface area contributed by atoms with Gasteiger partial charge in [0, 0.05) is 12.8 Å². The van der Waals surface area contributed by atoms with Crippen LogP contribution in [0.1, 0.15) is 26.7 Å². The maximum absolute atomic E-state index is 10.4. The van der Waals surface area contributed by atoms with Crippen molar-refractivity contribution in [1.82, 2.24) is 0 Å². The van der Waals surface area contributed by atoms with Gasteiger partial charge in [0.15, 0.2) is 0 Å². The summed E-state index contributed by atoms with van der Waals surface area (Å²) in [5, 5.41) is 0. The van der Waals surface area contributed by atoms with Crippen LogP contribution in [0.15, 0.2) is 0 Å². The average molecular weight is 178 g/mol. The Kier molecular flexibility index (Phi) is 5.64. The van der Waals surface area contributed by atoms with Gasteiger partial charge in [-0.2, -0.15) is 0 Å². The molecule has 5 heteroatoms. The van der Waals surface area contributed by atoms with Crippen molar-refractivity contribution >= 4 is 24.3 Å². The molecule has 4 nitrogen and oxygen atoms in total. The second-order valence-electron chi connectivity index (χ2n) is 1.69. The third kappa shape index (κ3) is 5.72. The molecule has 0 aliphatic carbocycles. The van der Waals surface area contributed by atoms with E-state index >= 15 is 0 Å². The molecular formula is C6H10O4S. The fourth-order valence-corrected chi connectivity index (χ4v) is 0.632. The molecule has 0 saturated carbocycles. The summed E-state index contributed by atoms with van der Waals surface area (Å²) in [6.07, 6.45) is 0.549. The first kappa shape index (κ1) is 10.3. The number of carbonyl (C=O) groups is 2. The van der Waals surface area contributed by atoms with E-state index in [0.717, 1.165) is 0 Å². The van der Waals surface area contributed by atoms with E-state index in [-0.39, 0.29) is 12.8 Å². The quantitative estimate of drug-likeness (QED) is 0.610. The molecule has 0 atom stereocenters. The van der Waals surface area contributed by atoms with Crippen LogP contribution >= 0.6 is 12.3 Å². The SMILES string of the molecule is CCC(=O)OSOC(=O)CC. The topological polar surface area (TPSA) is 52.6 Å². The molecule has 0 aromatic carbocycles. The second kappa shape index (κ2) is 6.03. The first-order chi connectivity index (χ1) is 5.20. The van der Waals surface area contributed by atoms with E-state index in [1.54, 1.807) is 13.8 Å². The number of rotatable bonds is 4. The molecule has 0 aliphatic rings. The third-order valence-corrected chi connectivity index (χ3v) is 1.34. The van der Waals surface area contributed by atoms with Crippen LogP contribution in [-0.2, 0) is 18.0 Å². The molecule has 64 valence electrons. The molecule has 0 aromatic heterocycles. The molecule has 0 heterocycles. The van der Waals surface area contributed by atoms with Crippen molar-refractivity contribution in [3.63, 3.8) is 0 Å². The summed E-state index contributed by atoms with van der Waals surface area (Å²) in [4.78, 5) is 20.9. The minimum absolute atomic E-state index is 0.274. The van der Waals surface area contributed by atoms with Crippen LogP contribution in [0.4, 0.5) is 0 Å². The maximum Gasteiger partial charge on any atom is 0.320 e. The Morgan fingerprint density at radius 1 is 1.09 bits per heavy atom. The van der Waals surface area contributed by atoms with Gasteiger partial charge in [-0.15, -0.1) is 0 Å². The van der Waals surface area contributed by atoms with E-state index in [0.29, 0.717) is 12.3 Å². The Balaban J connectivity index is 3.27. The Labute approximate surface area is 69.7 Å². The van der Waals surface area contributed by atoms with E-state index in [1.807, 2.05) is 0 Å². The summed E-state index contributed by atoms with van der Waals surface area (Å²) in [7, 11) is 0. The molecule has 11 heavy (non-hydrogen) atoms. The molecule has 0 aliphatic heterocycles. The first-order valence-corrected chi connectivity index (χ1v) is 3.94. The Bertz CT molecular complexity index is 130. The zero-order chi connectivity index (χ0) is 8.69. The highest BCUT2D eigenvalue weighted by atomic mass is 32.2. The minimum Gasteiger partial charge on any atom is -0.355 e. The number of carbonyl (C=O) groups excluding carboxylic acids is 2. The minimum atomic E-state index is -0.404. The van der Waals surface area contributed by atoms with Crippen LogP contribution in [0.25, 0.3) is 0 Å². The lowest BCUT2D eigenvalue weighted by Crippen LogP contribution is -2.00. The molecule has 0 unspecified atom stereocenters. The third-order valence-electron chi connectivity index (χ3n) is 0.831. The van der Waals surface area contributed by atoms with Crippen molar-refractivity contribution in [2.24, 2.45) is 0 Å². The lowest BCUT2D eigenvalue weighted by molar-refractivity contribution is -0.135. The van der Waals surface area contributed by atoms with Gasteiger partial charge >= 0.3 is 11.9 Å². The molecule has 0 N–H and O–H groups in total. The van der Waals surface area contributed by atoms with Crippen LogP contribution in [0, 0.1) is 0 Å². The van der Waals surface area contributed by atoms with Crippen LogP contribution in [-0.4, -0.2) is 11.9 Å².